The summed E-state index contributed by atoms with van der Waals surface area (Å²) in [6.45, 7) is -1.24. The molecule has 1 heterocycles. The van der Waals surface area contributed by atoms with Crippen LogP contribution in [0.2, 0.25) is 0 Å². The molecule has 0 aliphatic heterocycles. The van der Waals surface area contributed by atoms with E-state index >= 15 is 0 Å². The smallest absolute Gasteiger partial charge is 0.417 e. The maximum absolute atomic E-state index is 12.7. The van der Waals surface area contributed by atoms with Crippen molar-refractivity contribution in [2.24, 2.45) is 0 Å². The predicted molar refractivity (Wildman–Crippen MR) is 94.1 cm³/mol. The normalized spacial score (nSPS) is 13.7. The largest absolute Gasteiger partial charge is 0.456 e. The molecule has 1 aliphatic rings. The molecule has 0 unspecified atom stereocenters. The van der Waals surface area contributed by atoms with Crippen molar-refractivity contribution in [1.29, 1.82) is 0 Å². The number of carbonyl (C=O) groups excluding carboxylic acids is 2. The van der Waals surface area contributed by atoms with Gasteiger partial charge in [0, 0.05) is 17.8 Å². The number of aromatic nitrogens is 1. The van der Waals surface area contributed by atoms with Crippen molar-refractivity contribution in [2.45, 2.75) is 38.4 Å². The van der Waals surface area contributed by atoms with Gasteiger partial charge in [0.25, 0.3) is 5.56 Å². The lowest BCUT2D eigenvalue weighted by Crippen LogP contribution is -2.27. The highest BCUT2D eigenvalue weighted by atomic mass is 19.4. The van der Waals surface area contributed by atoms with Crippen LogP contribution in [0.15, 0.2) is 41.3 Å². The van der Waals surface area contributed by atoms with Crippen LogP contribution in [-0.4, -0.2) is 22.9 Å². The maximum Gasteiger partial charge on any atom is 0.417 e. The summed E-state index contributed by atoms with van der Waals surface area (Å²) in [5.41, 5.74) is 0.920. The van der Waals surface area contributed by atoms with Gasteiger partial charge in [-0.1, -0.05) is 12.1 Å². The molecule has 0 fully saturated rings. The Morgan fingerprint density at radius 1 is 1.04 bits per heavy atom. The molecular weight excluding hydrogens is 375 g/mol. The standard InChI is InChI=1S/C20H18F3NO4/c21-20(22,23)16-7-8-18(26)24(10-16)11-19(27)28-12-17(25)15-6-5-13-3-1-2-4-14(13)9-15/h5-10H,1-4,11-12H2. The molecule has 5 nitrogen and oxygen atoms in total. The molecule has 1 aromatic heterocycles. The van der Waals surface area contributed by atoms with Crippen molar-refractivity contribution in [1.82, 2.24) is 4.57 Å². The molecule has 0 bridgehead atoms. The van der Waals surface area contributed by atoms with Crippen LogP contribution >= 0.6 is 0 Å². The quantitative estimate of drug-likeness (QED) is 0.578. The molecule has 2 aromatic rings. The van der Waals surface area contributed by atoms with Crippen LogP contribution in [0, 0.1) is 0 Å². The van der Waals surface area contributed by atoms with Crippen LogP contribution in [0.1, 0.15) is 39.9 Å². The Bertz CT molecular complexity index is 963. The first-order chi connectivity index (χ1) is 13.2. The number of fused-ring (bicyclic) bond motifs is 1. The Morgan fingerprint density at radius 3 is 2.46 bits per heavy atom. The van der Waals surface area contributed by atoms with Crippen molar-refractivity contribution < 1.29 is 27.5 Å². The molecule has 0 atom stereocenters. The van der Waals surface area contributed by atoms with E-state index in [9.17, 15) is 27.6 Å². The molecule has 1 aromatic carbocycles. The number of Topliss-reactive ketones (excluding diaryl/α,β-unsaturated/α-hetero) is 1. The molecule has 0 N–H and O–H groups in total. The Morgan fingerprint density at radius 2 is 1.75 bits per heavy atom. The third kappa shape index (κ3) is 4.68. The van der Waals surface area contributed by atoms with E-state index in [0.29, 0.717) is 22.4 Å². The Kier molecular flexibility index (Phi) is 5.67. The van der Waals surface area contributed by atoms with Crippen LogP contribution in [0.4, 0.5) is 13.2 Å². The number of pyridine rings is 1. The topological polar surface area (TPSA) is 65.4 Å². The van der Waals surface area contributed by atoms with E-state index in [0.717, 1.165) is 37.3 Å². The Hall–Kier alpha value is -2.90. The number of aryl methyl sites for hydroxylation is 2. The van der Waals surface area contributed by atoms with E-state index in [1.807, 2.05) is 6.07 Å². The zero-order chi connectivity index (χ0) is 20.3. The fourth-order valence-electron chi connectivity index (χ4n) is 3.14. The molecular formula is C20H18F3NO4. The maximum atomic E-state index is 12.7. The second kappa shape index (κ2) is 8.00. The lowest BCUT2D eigenvalue weighted by atomic mass is 9.90. The zero-order valence-electron chi connectivity index (χ0n) is 14.9. The summed E-state index contributed by atoms with van der Waals surface area (Å²) in [5, 5.41) is 0. The third-order valence-corrected chi connectivity index (χ3v) is 4.64. The van der Waals surface area contributed by atoms with Crippen molar-refractivity contribution >= 4 is 11.8 Å². The van der Waals surface area contributed by atoms with Crippen molar-refractivity contribution in [2.75, 3.05) is 6.61 Å². The van der Waals surface area contributed by atoms with Crippen LogP contribution in [0.5, 0.6) is 0 Å². The first kappa shape index (κ1) is 19.9. The van der Waals surface area contributed by atoms with Crippen LogP contribution in [0.25, 0.3) is 0 Å². The lowest BCUT2D eigenvalue weighted by molar-refractivity contribution is -0.144. The highest BCUT2D eigenvalue weighted by Crippen LogP contribution is 2.28. The predicted octanol–water partition coefficient (Wildman–Crippen LogP) is 3.17. The number of hydrogen-bond acceptors (Lipinski definition) is 4. The van der Waals surface area contributed by atoms with Gasteiger partial charge in [0.1, 0.15) is 6.54 Å². The molecule has 28 heavy (non-hydrogen) atoms. The number of halogens is 3. The number of hydrogen-bond donors (Lipinski definition) is 0. The van der Waals surface area contributed by atoms with E-state index < -0.39 is 42.2 Å². The average molecular weight is 393 g/mol. The van der Waals surface area contributed by atoms with Crippen LogP contribution < -0.4 is 5.56 Å². The monoisotopic (exact) mass is 393 g/mol. The summed E-state index contributed by atoms with van der Waals surface area (Å²) >= 11 is 0. The first-order valence-electron chi connectivity index (χ1n) is 8.82. The lowest BCUT2D eigenvalue weighted by Gasteiger charge is -2.16. The van der Waals surface area contributed by atoms with Gasteiger partial charge < -0.3 is 9.30 Å². The second-order valence-corrected chi connectivity index (χ2v) is 6.66. The van der Waals surface area contributed by atoms with Gasteiger partial charge >= 0.3 is 12.1 Å². The number of rotatable bonds is 5. The summed E-state index contributed by atoms with van der Waals surface area (Å²) < 4.78 is 43.6. The number of esters is 1. The minimum absolute atomic E-state index is 0.405. The minimum atomic E-state index is -4.64. The van der Waals surface area contributed by atoms with Crippen LogP contribution in [-0.2, 0) is 35.1 Å². The van der Waals surface area contributed by atoms with Gasteiger partial charge in [0.05, 0.1) is 5.56 Å². The number of ether oxygens (including phenoxy) is 1. The number of alkyl halides is 3. The summed E-state index contributed by atoms with van der Waals surface area (Å²) in [4.78, 5) is 35.8. The van der Waals surface area contributed by atoms with E-state index in [1.165, 1.54) is 5.56 Å². The summed E-state index contributed by atoms with van der Waals surface area (Å²) in [7, 11) is 0. The van der Waals surface area contributed by atoms with Gasteiger partial charge in [0.2, 0.25) is 0 Å². The van der Waals surface area contributed by atoms with Crippen molar-refractivity contribution in [3.63, 3.8) is 0 Å². The summed E-state index contributed by atoms with van der Waals surface area (Å²) in [6, 6.07) is 6.74. The summed E-state index contributed by atoms with van der Waals surface area (Å²) in [5.74, 6) is -1.37. The van der Waals surface area contributed by atoms with Crippen LogP contribution in [0.3, 0.4) is 0 Å². The number of carbonyl (C=O) groups is 2. The Labute approximate surface area is 158 Å². The van der Waals surface area contributed by atoms with E-state index in [-0.39, 0.29) is 0 Å². The van der Waals surface area contributed by atoms with Crippen molar-refractivity contribution in [3.8, 4) is 0 Å². The minimum Gasteiger partial charge on any atom is -0.456 e. The van der Waals surface area contributed by atoms with Gasteiger partial charge in [-0.25, -0.2) is 0 Å². The fraction of sp³-hybridized carbons (Fsp3) is 0.350. The molecule has 1 aliphatic carbocycles. The number of benzene rings is 1. The van der Waals surface area contributed by atoms with E-state index in [2.05, 4.69) is 0 Å². The third-order valence-electron chi connectivity index (χ3n) is 4.64. The van der Waals surface area contributed by atoms with E-state index in [4.69, 9.17) is 4.74 Å². The molecule has 0 spiro atoms. The van der Waals surface area contributed by atoms with Gasteiger partial charge in [-0.15, -0.1) is 0 Å². The van der Waals surface area contributed by atoms with E-state index in [1.54, 1.807) is 12.1 Å². The van der Waals surface area contributed by atoms with Crippen molar-refractivity contribution in [3.05, 3.63) is 69.1 Å². The fourth-order valence-corrected chi connectivity index (χ4v) is 3.14. The molecule has 0 radical (unpaired) electrons. The van der Waals surface area contributed by atoms with Gasteiger partial charge in [-0.2, -0.15) is 13.2 Å². The summed E-state index contributed by atoms with van der Waals surface area (Å²) in [6.07, 6.45) is -0.0336. The van der Waals surface area contributed by atoms with Gasteiger partial charge in [0.15, 0.2) is 12.4 Å². The highest BCUT2D eigenvalue weighted by molar-refractivity contribution is 5.98. The SMILES string of the molecule is O=C(Cn1cc(C(F)(F)F)ccc1=O)OCC(=O)c1ccc2c(c1)CCCC2. The average Bonchev–Trinajstić information content (AvgIpc) is 2.66. The Balaban J connectivity index is 1.62. The second-order valence-electron chi connectivity index (χ2n) is 6.66. The number of nitrogens with zero attached hydrogens (tertiary/aromatic N) is 1. The molecule has 148 valence electrons. The first-order valence-corrected chi connectivity index (χ1v) is 8.82. The highest BCUT2D eigenvalue weighted by Gasteiger charge is 2.31. The molecule has 0 amide bonds. The molecule has 0 saturated carbocycles. The van der Waals surface area contributed by atoms with Gasteiger partial charge in [-0.3, -0.25) is 14.4 Å². The molecule has 0 saturated heterocycles. The zero-order valence-corrected chi connectivity index (χ0v) is 14.9. The molecule has 3 rings (SSSR count). The van der Waals surface area contributed by atoms with Gasteiger partial charge in [-0.05, 0) is 48.9 Å². The number of ketones is 1. The molecule has 8 heteroatoms.